The monoisotopic (exact) mass is 279 g/mol. The molecule has 1 aliphatic rings. The maximum atomic E-state index is 6.11. The van der Waals surface area contributed by atoms with Crippen molar-refractivity contribution in [1.82, 2.24) is 0 Å². The number of hydrogen-bond donors (Lipinski definition) is 0. The van der Waals surface area contributed by atoms with Gasteiger partial charge in [0, 0.05) is 25.4 Å². The molecule has 2 unspecified atom stereocenters. The van der Waals surface area contributed by atoms with Gasteiger partial charge in [0.2, 0.25) is 0 Å². The Kier molecular flexibility index (Phi) is 5.02. The van der Waals surface area contributed by atoms with E-state index < -0.39 is 8.56 Å². The van der Waals surface area contributed by atoms with E-state index in [0.717, 1.165) is 32.3 Å². The standard InChI is InChI=1S/C15H25NO2Si/c1-4-17-19(3)13-14(2)12-16(10-11-18-19)15-8-6-5-7-9-15/h5-9,14H,4,10-13H2,1-3H3. The van der Waals surface area contributed by atoms with Crippen LogP contribution in [0.2, 0.25) is 12.6 Å². The van der Waals surface area contributed by atoms with Gasteiger partial charge < -0.3 is 13.8 Å². The molecule has 0 amide bonds. The molecule has 1 aliphatic heterocycles. The molecular formula is C15H25NO2Si. The Morgan fingerprint density at radius 3 is 2.79 bits per heavy atom. The summed E-state index contributed by atoms with van der Waals surface area (Å²) in [6.45, 7) is 10.1. The van der Waals surface area contributed by atoms with Crippen molar-refractivity contribution >= 4 is 14.2 Å². The fourth-order valence-corrected chi connectivity index (χ4v) is 5.72. The molecule has 0 saturated carbocycles. The van der Waals surface area contributed by atoms with Gasteiger partial charge in [-0.05, 0) is 37.6 Å². The van der Waals surface area contributed by atoms with Crippen LogP contribution in [0.4, 0.5) is 5.69 Å². The van der Waals surface area contributed by atoms with E-state index in [4.69, 9.17) is 8.85 Å². The summed E-state index contributed by atoms with van der Waals surface area (Å²) in [5.74, 6) is 0.601. The Bertz CT molecular complexity index is 387. The largest absolute Gasteiger partial charge is 0.395 e. The first-order valence-electron chi connectivity index (χ1n) is 7.21. The van der Waals surface area contributed by atoms with Crippen molar-refractivity contribution in [2.24, 2.45) is 5.92 Å². The van der Waals surface area contributed by atoms with Crippen LogP contribution in [0.1, 0.15) is 13.8 Å². The van der Waals surface area contributed by atoms with Crippen LogP contribution < -0.4 is 4.90 Å². The van der Waals surface area contributed by atoms with E-state index >= 15 is 0 Å². The molecule has 2 rings (SSSR count). The second-order valence-corrected chi connectivity index (χ2v) is 8.76. The number of anilines is 1. The topological polar surface area (TPSA) is 21.7 Å². The van der Waals surface area contributed by atoms with Crippen LogP contribution in [0.25, 0.3) is 0 Å². The number of nitrogens with zero attached hydrogens (tertiary/aromatic N) is 1. The molecule has 1 fully saturated rings. The zero-order chi connectivity index (χ0) is 13.7. The molecule has 1 heterocycles. The van der Waals surface area contributed by atoms with Crippen LogP contribution in [-0.4, -0.2) is 34.9 Å². The molecule has 0 radical (unpaired) electrons. The van der Waals surface area contributed by atoms with E-state index in [1.165, 1.54) is 5.69 Å². The average Bonchev–Trinajstić information content (AvgIpc) is 2.37. The number of benzene rings is 1. The van der Waals surface area contributed by atoms with E-state index in [-0.39, 0.29) is 0 Å². The van der Waals surface area contributed by atoms with Gasteiger partial charge in [-0.2, -0.15) is 0 Å². The summed E-state index contributed by atoms with van der Waals surface area (Å²) in [4.78, 5) is 2.42. The lowest BCUT2D eigenvalue weighted by Crippen LogP contribution is -2.47. The van der Waals surface area contributed by atoms with Gasteiger partial charge in [0.25, 0.3) is 0 Å². The first kappa shape index (κ1) is 14.6. The van der Waals surface area contributed by atoms with E-state index in [2.05, 4.69) is 55.6 Å². The van der Waals surface area contributed by atoms with Crippen LogP contribution in [0.15, 0.2) is 30.3 Å². The van der Waals surface area contributed by atoms with Crippen molar-refractivity contribution in [1.29, 1.82) is 0 Å². The van der Waals surface area contributed by atoms with Gasteiger partial charge in [0.05, 0.1) is 6.61 Å². The summed E-state index contributed by atoms with van der Waals surface area (Å²) in [5, 5.41) is 0. The van der Waals surface area contributed by atoms with Gasteiger partial charge in [0.1, 0.15) is 0 Å². The summed E-state index contributed by atoms with van der Waals surface area (Å²) in [7, 11) is -1.94. The van der Waals surface area contributed by atoms with E-state index in [9.17, 15) is 0 Å². The molecule has 0 spiro atoms. The van der Waals surface area contributed by atoms with E-state index in [1.807, 2.05) is 0 Å². The lowest BCUT2D eigenvalue weighted by Gasteiger charge is -2.36. The third kappa shape index (κ3) is 4.06. The normalized spacial score (nSPS) is 28.8. The molecular weight excluding hydrogens is 254 g/mol. The summed E-state index contributed by atoms with van der Waals surface area (Å²) in [6, 6.07) is 11.7. The maximum Gasteiger partial charge on any atom is 0.335 e. The molecule has 0 aliphatic carbocycles. The summed E-state index contributed by atoms with van der Waals surface area (Å²) in [5.41, 5.74) is 1.29. The Morgan fingerprint density at radius 2 is 2.11 bits per heavy atom. The minimum absolute atomic E-state index is 0.601. The smallest absolute Gasteiger partial charge is 0.335 e. The highest BCUT2D eigenvalue weighted by Crippen LogP contribution is 2.25. The lowest BCUT2D eigenvalue weighted by atomic mass is 10.2. The summed E-state index contributed by atoms with van der Waals surface area (Å²) in [6.07, 6.45) is 0. The third-order valence-corrected chi connectivity index (χ3v) is 6.74. The van der Waals surface area contributed by atoms with Crippen LogP contribution in [0.5, 0.6) is 0 Å². The Labute approximate surface area is 117 Å². The zero-order valence-corrected chi connectivity index (χ0v) is 13.3. The molecule has 0 aromatic heterocycles. The Balaban J connectivity index is 2.03. The molecule has 0 N–H and O–H groups in total. The molecule has 4 heteroatoms. The molecule has 1 aromatic rings. The highest BCUT2D eigenvalue weighted by Gasteiger charge is 2.35. The van der Waals surface area contributed by atoms with Crippen molar-refractivity contribution in [3.63, 3.8) is 0 Å². The second kappa shape index (κ2) is 6.55. The van der Waals surface area contributed by atoms with Gasteiger partial charge in [0.15, 0.2) is 0 Å². The number of rotatable bonds is 3. The van der Waals surface area contributed by atoms with Crippen molar-refractivity contribution in [2.75, 3.05) is 31.2 Å². The SMILES string of the molecule is CCO[Si]1(C)CC(C)CN(c2ccccc2)CCO1. The summed E-state index contributed by atoms with van der Waals surface area (Å²) < 4.78 is 12.0. The average molecular weight is 279 g/mol. The first-order chi connectivity index (χ1) is 9.13. The Morgan fingerprint density at radius 1 is 1.37 bits per heavy atom. The van der Waals surface area contributed by atoms with E-state index in [1.54, 1.807) is 0 Å². The van der Waals surface area contributed by atoms with Crippen molar-refractivity contribution < 1.29 is 8.85 Å². The minimum Gasteiger partial charge on any atom is -0.395 e. The van der Waals surface area contributed by atoms with Gasteiger partial charge in [-0.3, -0.25) is 0 Å². The van der Waals surface area contributed by atoms with Crippen LogP contribution in [0, 0.1) is 5.92 Å². The van der Waals surface area contributed by atoms with Crippen LogP contribution >= 0.6 is 0 Å². The Hall–Kier alpha value is -0.843. The molecule has 2 atom stereocenters. The van der Waals surface area contributed by atoms with Gasteiger partial charge >= 0.3 is 8.56 Å². The van der Waals surface area contributed by atoms with Gasteiger partial charge in [-0.1, -0.05) is 25.1 Å². The quantitative estimate of drug-likeness (QED) is 0.793. The highest BCUT2D eigenvalue weighted by molar-refractivity contribution is 6.66. The van der Waals surface area contributed by atoms with Crippen molar-refractivity contribution in [2.45, 2.75) is 26.4 Å². The van der Waals surface area contributed by atoms with Gasteiger partial charge in [-0.25, -0.2) is 0 Å². The predicted molar refractivity (Wildman–Crippen MR) is 81.8 cm³/mol. The maximum absolute atomic E-state index is 6.11. The van der Waals surface area contributed by atoms with Crippen molar-refractivity contribution in [3.8, 4) is 0 Å². The molecule has 106 valence electrons. The summed E-state index contributed by atoms with van der Waals surface area (Å²) >= 11 is 0. The molecule has 19 heavy (non-hydrogen) atoms. The van der Waals surface area contributed by atoms with Crippen LogP contribution in [-0.2, 0) is 8.85 Å². The highest BCUT2D eigenvalue weighted by atomic mass is 28.4. The zero-order valence-electron chi connectivity index (χ0n) is 12.3. The molecule has 1 saturated heterocycles. The number of hydrogen-bond acceptors (Lipinski definition) is 3. The molecule has 0 bridgehead atoms. The molecule has 3 nitrogen and oxygen atoms in total. The minimum atomic E-state index is -1.94. The van der Waals surface area contributed by atoms with Crippen LogP contribution in [0.3, 0.4) is 0 Å². The lowest BCUT2D eigenvalue weighted by molar-refractivity contribution is 0.173. The van der Waals surface area contributed by atoms with Gasteiger partial charge in [-0.15, -0.1) is 0 Å². The second-order valence-electron chi connectivity index (χ2n) is 5.51. The predicted octanol–water partition coefficient (Wildman–Crippen LogP) is 3.27. The first-order valence-corrected chi connectivity index (χ1v) is 9.73. The third-order valence-electron chi connectivity index (χ3n) is 3.59. The fourth-order valence-electron chi connectivity index (χ4n) is 2.87. The van der Waals surface area contributed by atoms with Crippen molar-refractivity contribution in [3.05, 3.63) is 30.3 Å². The fraction of sp³-hybridized carbons (Fsp3) is 0.600. The van der Waals surface area contributed by atoms with E-state index in [0.29, 0.717) is 5.92 Å². The number of para-hydroxylation sites is 1. The molecule has 1 aromatic carbocycles.